The molecule has 0 saturated carbocycles. The monoisotopic (exact) mass is 393 g/mol. The van der Waals surface area contributed by atoms with Crippen LogP contribution >= 0.6 is 0 Å². The topological polar surface area (TPSA) is 73.3 Å². The number of aromatic amines is 1. The lowest BCUT2D eigenvalue weighted by Crippen LogP contribution is -2.50. The molecule has 4 heterocycles. The third-order valence-electron chi connectivity index (χ3n) is 6.26. The molecule has 2 aliphatic heterocycles. The van der Waals surface area contributed by atoms with Crippen LogP contribution in [0.1, 0.15) is 13.3 Å². The van der Waals surface area contributed by atoms with Gasteiger partial charge in [-0.15, -0.1) is 0 Å². The van der Waals surface area contributed by atoms with Gasteiger partial charge in [0.25, 0.3) is 5.56 Å². The summed E-state index contributed by atoms with van der Waals surface area (Å²) in [6.45, 7) is 9.70. The van der Waals surface area contributed by atoms with Crippen molar-refractivity contribution in [1.29, 1.82) is 0 Å². The number of rotatable bonds is 4. The molecule has 0 radical (unpaired) electrons. The summed E-state index contributed by atoms with van der Waals surface area (Å²) >= 11 is 0. The van der Waals surface area contributed by atoms with Crippen LogP contribution in [-0.2, 0) is 0 Å². The molecular weight excluding hydrogens is 366 g/mol. The van der Waals surface area contributed by atoms with Crippen LogP contribution in [-0.4, -0.2) is 81.4 Å². The average Bonchev–Trinajstić information content (AvgIpc) is 3.42. The van der Waals surface area contributed by atoms with Gasteiger partial charge in [0.05, 0.1) is 11.9 Å². The molecule has 5 rings (SSSR count). The fraction of sp³-hybridized carbons (Fsp3) is 0.476. The molecule has 2 aromatic heterocycles. The van der Waals surface area contributed by atoms with E-state index in [-0.39, 0.29) is 5.56 Å². The van der Waals surface area contributed by atoms with Crippen molar-refractivity contribution in [3.8, 4) is 5.69 Å². The Morgan fingerprint density at radius 3 is 2.66 bits per heavy atom. The molecular formula is C21H27N7O. The maximum Gasteiger partial charge on any atom is 0.263 e. The molecule has 1 atom stereocenters. The highest BCUT2D eigenvalue weighted by molar-refractivity contribution is 5.76. The summed E-state index contributed by atoms with van der Waals surface area (Å²) in [5.41, 5.74) is 1.38. The summed E-state index contributed by atoms with van der Waals surface area (Å²) in [7, 11) is 0. The minimum atomic E-state index is -0.132. The number of benzene rings is 1. The van der Waals surface area contributed by atoms with Gasteiger partial charge >= 0.3 is 0 Å². The standard InChI is InChI=1S/C21H27N7O/c1-2-25-10-12-26(13-11-25)17-8-9-27(15-17)21-23-19-18(20(29)24-21)14-22-28(19)16-6-4-3-5-7-16/h3-7,14,17H,2,8-13,15H2,1H3,(H,23,24,29). The van der Waals surface area contributed by atoms with Gasteiger partial charge in [-0.1, -0.05) is 25.1 Å². The number of H-pyrrole nitrogens is 1. The van der Waals surface area contributed by atoms with E-state index in [1.807, 2.05) is 30.3 Å². The molecule has 1 N–H and O–H groups in total. The highest BCUT2D eigenvalue weighted by Gasteiger charge is 2.31. The van der Waals surface area contributed by atoms with Gasteiger partial charge in [0.1, 0.15) is 5.39 Å². The van der Waals surface area contributed by atoms with Crippen LogP contribution in [0.2, 0.25) is 0 Å². The first-order chi connectivity index (χ1) is 14.2. The molecule has 2 aliphatic rings. The quantitative estimate of drug-likeness (QED) is 0.721. The summed E-state index contributed by atoms with van der Waals surface area (Å²) in [4.78, 5) is 27.7. The SMILES string of the molecule is CCN1CCN(C2CCN(c3nc4c(cnn4-c4ccccc4)c(=O)[nH]3)C2)CC1. The first-order valence-electron chi connectivity index (χ1n) is 10.5. The summed E-state index contributed by atoms with van der Waals surface area (Å²) in [6.07, 6.45) is 2.70. The van der Waals surface area contributed by atoms with E-state index in [9.17, 15) is 4.79 Å². The van der Waals surface area contributed by atoms with Crippen LogP contribution in [0.5, 0.6) is 0 Å². The minimum Gasteiger partial charge on any atom is -0.341 e. The summed E-state index contributed by atoms with van der Waals surface area (Å²) in [5.74, 6) is 0.648. The minimum absolute atomic E-state index is 0.132. The molecule has 0 bridgehead atoms. The second-order valence-electron chi connectivity index (χ2n) is 7.88. The van der Waals surface area contributed by atoms with Crippen molar-refractivity contribution in [2.45, 2.75) is 19.4 Å². The van der Waals surface area contributed by atoms with Gasteiger partial charge in [-0.25, -0.2) is 4.68 Å². The number of hydrogen-bond acceptors (Lipinski definition) is 6. The van der Waals surface area contributed by atoms with E-state index in [1.165, 1.54) is 0 Å². The zero-order chi connectivity index (χ0) is 19.8. The second kappa shape index (κ2) is 7.61. The molecule has 0 aliphatic carbocycles. The van der Waals surface area contributed by atoms with E-state index in [0.29, 0.717) is 23.0 Å². The van der Waals surface area contributed by atoms with Crippen molar-refractivity contribution in [3.05, 3.63) is 46.9 Å². The van der Waals surface area contributed by atoms with E-state index in [2.05, 4.69) is 31.7 Å². The Labute approximate surface area is 169 Å². The zero-order valence-electron chi connectivity index (χ0n) is 16.8. The van der Waals surface area contributed by atoms with Gasteiger partial charge in [-0.3, -0.25) is 14.7 Å². The van der Waals surface area contributed by atoms with Crippen molar-refractivity contribution >= 4 is 17.0 Å². The number of anilines is 1. The van der Waals surface area contributed by atoms with Crippen molar-refractivity contribution < 1.29 is 0 Å². The van der Waals surface area contributed by atoms with E-state index < -0.39 is 0 Å². The van der Waals surface area contributed by atoms with Crippen LogP contribution in [0.4, 0.5) is 5.95 Å². The smallest absolute Gasteiger partial charge is 0.263 e. The lowest BCUT2D eigenvalue weighted by Gasteiger charge is -2.37. The average molecular weight is 393 g/mol. The molecule has 2 saturated heterocycles. The molecule has 3 aromatic rings. The maximum atomic E-state index is 12.7. The van der Waals surface area contributed by atoms with Gasteiger partial charge in [-0.2, -0.15) is 10.1 Å². The normalized spacial score (nSPS) is 21.3. The van der Waals surface area contributed by atoms with Crippen LogP contribution in [0, 0.1) is 0 Å². The van der Waals surface area contributed by atoms with Crippen LogP contribution < -0.4 is 10.5 Å². The Morgan fingerprint density at radius 2 is 1.90 bits per heavy atom. The third kappa shape index (κ3) is 3.42. The zero-order valence-corrected chi connectivity index (χ0v) is 16.8. The number of piperazine rings is 1. The van der Waals surface area contributed by atoms with E-state index in [0.717, 1.165) is 57.9 Å². The fourth-order valence-electron chi connectivity index (χ4n) is 4.49. The predicted octanol–water partition coefficient (Wildman–Crippen LogP) is 1.32. The van der Waals surface area contributed by atoms with Crippen molar-refractivity contribution in [1.82, 2.24) is 29.5 Å². The molecule has 0 amide bonds. The highest BCUT2D eigenvalue weighted by Crippen LogP contribution is 2.22. The Balaban J connectivity index is 1.39. The summed E-state index contributed by atoms with van der Waals surface area (Å²) in [5, 5.41) is 4.92. The molecule has 8 heteroatoms. The van der Waals surface area contributed by atoms with Gasteiger partial charge in [0, 0.05) is 45.3 Å². The van der Waals surface area contributed by atoms with Crippen LogP contribution in [0.15, 0.2) is 41.3 Å². The lowest BCUT2D eigenvalue weighted by atomic mass is 10.2. The first kappa shape index (κ1) is 18.3. The summed E-state index contributed by atoms with van der Waals surface area (Å²) in [6, 6.07) is 10.3. The van der Waals surface area contributed by atoms with Crippen LogP contribution in [0.25, 0.3) is 16.7 Å². The third-order valence-corrected chi connectivity index (χ3v) is 6.26. The molecule has 1 unspecified atom stereocenters. The van der Waals surface area contributed by atoms with Crippen LogP contribution in [0.3, 0.4) is 0 Å². The Morgan fingerprint density at radius 1 is 1.10 bits per heavy atom. The van der Waals surface area contributed by atoms with Crippen molar-refractivity contribution in [2.24, 2.45) is 0 Å². The van der Waals surface area contributed by atoms with E-state index >= 15 is 0 Å². The number of likely N-dealkylation sites (N-methyl/N-ethyl adjacent to an activating group) is 1. The Bertz CT molecular complexity index is 1040. The predicted molar refractivity (Wildman–Crippen MR) is 114 cm³/mol. The number of nitrogens with one attached hydrogen (secondary N) is 1. The van der Waals surface area contributed by atoms with E-state index in [1.54, 1.807) is 10.9 Å². The molecule has 29 heavy (non-hydrogen) atoms. The van der Waals surface area contributed by atoms with Gasteiger partial charge < -0.3 is 9.80 Å². The van der Waals surface area contributed by atoms with Gasteiger partial charge in [-0.05, 0) is 25.1 Å². The lowest BCUT2D eigenvalue weighted by molar-refractivity contribution is 0.107. The largest absolute Gasteiger partial charge is 0.341 e. The van der Waals surface area contributed by atoms with Crippen molar-refractivity contribution in [3.63, 3.8) is 0 Å². The number of para-hydroxylation sites is 1. The molecule has 0 spiro atoms. The number of fused-ring (bicyclic) bond motifs is 1. The Hall–Kier alpha value is -2.71. The van der Waals surface area contributed by atoms with E-state index in [4.69, 9.17) is 4.98 Å². The van der Waals surface area contributed by atoms with Gasteiger partial charge in [0.15, 0.2) is 5.65 Å². The van der Waals surface area contributed by atoms with Crippen molar-refractivity contribution in [2.75, 3.05) is 50.7 Å². The molecule has 152 valence electrons. The molecule has 8 nitrogen and oxygen atoms in total. The van der Waals surface area contributed by atoms with Gasteiger partial charge in [0.2, 0.25) is 5.95 Å². The fourth-order valence-corrected chi connectivity index (χ4v) is 4.49. The molecule has 2 fully saturated rings. The number of nitrogens with zero attached hydrogens (tertiary/aromatic N) is 6. The number of aromatic nitrogens is 4. The number of hydrogen-bond donors (Lipinski definition) is 1. The first-order valence-corrected chi connectivity index (χ1v) is 10.5. The summed E-state index contributed by atoms with van der Waals surface area (Å²) < 4.78 is 1.74. The Kier molecular flexibility index (Phi) is 4.81. The highest BCUT2D eigenvalue weighted by atomic mass is 16.1. The molecule has 1 aromatic carbocycles. The maximum absolute atomic E-state index is 12.7. The second-order valence-corrected chi connectivity index (χ2v) is 7.88.